The Morgan fingerprint density at radius 2 is 1.67 bits per heavy atom. The molecule has 2 amide bonds. The van der Waals surface area contributed by atoms with Crippen LogP contribution in [0.15, 0.2) is 59.8 Å². The summed E-state index contributed by atoms with van der Waals surface area (Å²) in [4.78, 5) is 23.1. The quantitative estimate of drug-likeness (QED) is 0.609. The van der Waals surface area contributed by atoms with E-state index in [0.717, 1.165) is 5.69 Å². The summed E-state index contributed by atoms with van der Waals surface area (Å²) in [6.45, 7) is 1.45. The second-order valence-corrected chi connectivity index (χ2v) is 6.68. The molecule has 27 heavy (non-hydrogen) atoms. The number of hydrogen-bond donors (Lipinski definition) is 2. The lowest BCUT2D eigenvalue weighted by atomic mass is 10.2. The average Bonchev–Trinajstić information content (AvgIpc) is 3.12. The number of amides is 2. The molecule has 2 N–H and O–H groups in total. The van der Waals surface area contributed by atoms with Gasteiger partial charge < -0.3 is 10.6 Å². The summed E-state index contributed by atoms with van der Waals surface area (Å²) in [7, 11) is 0. The van der Waals surface area contributed by atoms with Crippen LogP contribution in [0.4, 0.5) is 11.4 Å². The Balaban J connectivity index is 1.49. The van der Waals surface area contributed by atoms with Gasteiger partial charge in [-0.2, -0.15) is 4.68 Å². The van der Waals surface area contributed by atoms with Crippen LogP contribution in [-0.4, -0.2) is 37.8 Å². The molecule has 0 aliphatic rings. The molecule has 0 atom stereocenters. The molecule has 2 aromatic carbocycles. The van der Waals surface area contributed by atoms with Gasteiger partial charge in [-0.25, -0.2) is 0 Å². The highest BCUT2D eigenvalue weighted by Crippen LogP contribution is 2.19. The van der Waals surface area contributed by atoms with Crippen molar-refractivity contribution in [1.29, 1.82) is 0 Å². The molecular formula is C18H18N6O2S. The third-order valence-corrected chi connectivity index (χ3v) is 4.41. The number of aromatic nitrogens is 4. The number of thioether (sulfide) groups is 1. The van der Waals surface area contributed by atoms with Crippen LogP contribution >= 0.6 is 11.8 Å². The Kier molecular flexibility index (Phi) is 6.16. The van der Waals surface area contributed by atoms with Crippen molar-refractivity contribution in [2.75, 3.05) is 16.4 Å². The molecule has 1 heterocycles. The minimum atomic E-state index is -0.137. The predicted octanol–water partition coefficient (Wildman–Crippen LogP) is 2.74. The topological polar surface area (TPSA) is 102 Å². The number of tetrazole rings is 1. The Bertz CT molecular complexity index is 911. The van der Waals surface area contributed by atoms with Crippen LogP contribution in [-0.2, 0) is 9.59 Å². The van der Waals surface area contributed by atoms with Crippen molar-refractivity contribution in [2.45, 2.75) is 18.5 Å². The molecule has 8 nitrogen and oxygen atoms in total. The minimum Gasteiger partial charge on any atom is -0.326 e. The maximum absolute atomic E-state index is 12.1. The van der Waals surface area contributed by atoms with Crippen LogP contribution in [0.1, 0.15) is 13.3 Å². The van der Waals surface area contributed by atoms with Crippen molar-refractivity contribution in [1.82, 2.24) is 20.2 Å². The molecule has 0 saturated heterocycles. The first-order chi connectivity index (χ1) is 13.1. The standard InChI is InChI=1S/C18H18N6O2S/c1-13(25)19-14-7-9-15(10-8-14)20-17(26)11-12-27-18-21-22-23-24(18)16-5-3-2-4-6-16/h2-10H,11-12H2,1H3,(H,19,25)(H,20,26). The van der Waals surface area contributed by atoms with Gasteiger partial charge in [-0.3, -0.25) is 9.59 Å². The van der Waals surface area contributed by atoms with Gasteiger partial charge in [0.15, 0.2) is 0 Å². The summed E-state index contributed by atoms with van der Waals surface area (Å²) in [6, 6.07) is 16.5. The zero-order chi connectivity index (χ0) is 19.1. The smallest absolute Gasteiger partial charge is 0.225 e. The normalized spacial score (nSPS) is 10.4. The van der Waals surface area contributed by atoms with E-state index in [2.05, 4.69) is 26.2 Å². The molecule has 0 aliphatic heterocycles. The fraction of sp³-hybridized carbons (Fsp3) is 0.167. The van der Waals surface area contributed by atoms with Crippen molar-refractivity contribution in [2.24, 2.45) is 0 Å². The van der Waals surface area contributed by atoms with Gasteiger partial charge in [-0.15, -0.1) is 5.10 Å². The molecule has 0 unspecified atom stereocenters. The summed E-state index contributed by atoms with van der Waals surface area (Å²) >= 11 is 1.42. The van der Waals surface area contributed by atoms with E-state index < -0.39 is 0 Å². The minimum absolute atomic E-state index is 0.103. The lowest BCUT2D eigenvalue weighted by molar-refractivity contribution is -0.116. The molecule has 9 heteroatoms. The molecule has 0 radical (unpaired) electrons. The Hall–Kier alpha value is -3.20. The number of hydrogen-bond acceptors (Lipinski definition) is 6. The van der Waals surface area contributed by atoms with Gasteiger partial charge in [0.05, 0.1) is 5.69 Å². The van der Waals surface area contributed by atoms with Crippen LogP contribution in [0, 0.1) is 0 Å². The lowest BCUT2D eigenvalue weighted by Gasteiger charge is -2.07. The molecule has 0 spiro atoms. The molecule has 0 fully saturated rings. The van der Waals surface area contributed by atoms with Crippen LogP contribution in [0.3, 0.4) is 0 Å². The van der Waals surface area contributed by atoms with E-state index in [0.29, 0.717) is 28.7 Å². The van der Waals surface area contributed by atoms with Crippen molar-refractivity contribution in [3.05, 3.63) is 54.6 Å². The summed E-state index contributed by atoms with van der Waals surface area (Å²) in [5.41, 5.74) is 2.23. The highest BCUT2D eigenvalue weighted by Gasteiger charge is 2.10. The van der Waals surface area contributed by atoms with Crippen LogP contribution in [0.2, 0.25) is 0 Å². The van der Waals surface area contributed by atoms with E-state index in [4.69, 9.17) is 0 Å². The fourth-order valence-electron chi connectivity index (χ4n) is 2.30. The number of nitrogens with zero attached hydrogens (tertiary/aromatic N) is 4. The maximum Gasteiger partial charge on any atom is 0.225 e. The van der Waals surface area contributed by atoms with E-state index >= 15 is 0 Å². The maximum atomic E-state index is 12.1. The highest BCUT2D eigenvalue weighted by molar-refractivity contribution is 7.99. The summed E-state index contributed by atoms with van der Waals surface area (Å²) < 4.78 is 1.64. The monoisotopic (exact) mass is 382 g/mol. The highest BCUT2D eigenvalue weighted by atomic mass is 32.2. The molecule has 0 saturated carbocycles. The molecule has 0 aliphatic carbocycles. The van der Waals surface area contributed by atoms with Gasteiger partial charge in [-0.05, 0) is 46.8 Å². The van der Waals surface area contributed by atoms with E-state index in [1.54, 1.807) is 28.9 Å². The van der Waals surface area contributed by atoms with E-state index in [9.17, 15) is 9.59 Å². The number of benzene rings is 2. The molecule has 3 aromatic rings. The van der Waals surface area contributed by atoms with Crippen LogP contribution in [0.5, 0.6) is 0 Å². The number of anilines is 2. The van der Waals surface area contributed by atoms with E-state index in [1.807, 2.05) is 30.3 Å². The Morgan fingerprint density at radius 1 is 1.00 bits per heavy atom. The van der Waals surface area contributed by atoms with Gasteiger partial charge in [0.1, 0.15) is 0 Å². The van der Waals surface area contributed by atoms with Gasteiger partial charge in [0, 0.05) is 30.5 Å². The molecule has 0 bridgehead atoms. The van der Waals surface area contributed by atoms with Crippen LogP contribution < -0.4 is 10.6 Å². The molecule has 138 valence electrons. The predicted molar refractivity (Wildman–Crippen MR) is 104 cm³/mol. The third kappa shape index (κ3) is 5.38. The third-order valence-electron chi connectivity index (χ3n) is 3.49. The average molecular weight is 382 g/mol. The lowest BCUT2D eigenvalue weighted by Crippen LogP contribution is -2.12. The van der Waals surface area contributed by atoms with Crippen molar-refractivity contribution >= 4 is 35.0 Å². The van der Waals surface area contributed by atoms with Gasteiger partial charge in [-0.1, -0.05) is 30.0 Å². The van der Waals surface area contributed by atoms with Crippen LogP contribution in [0.25, 0.3) is 5.69 Å². The molecular weight excluding hydrogens is 364 g/mol. The van der Waals surface area contributed by atoms with Crippen molar-refractivity contribution in [3.63, 3.8) is 0 Å². The van der Waals surface area contributed by atoms with Gasteiger partial charge >= 0.3 is 0 Å². The molecule has 1 aromatic heterocycles. The number of carbonyl (C=O) groups is 2. The summed E-state index contributed by atoms with van der Waals surface area (Å²) in [6.07, 6.45) is 0.319. The second kappa shape index (κ2) is 8.95. The van der Waals surface area contributed by atoms with Crippen molar-refractivity contribution in [3.8, 4) is 5.69 Å². The zero-order valence-corrected chi connectivity index (χ0v) is 15.4. The van der Waals surface area contributed by atoms with E-state index in [1.165, 1.54) is 18.7 Å². The number of carbonyl (C=O) groups excluding carboxylic acids is 2. The Labute approximate surface area is 160 Å². The zero-order valence-electron chi connectivity index (χ0n) is 14.6. The first-order valence-corrected chi connectivity index (χ1v) is 9.24. The van der Waals surface area contributed by atoms with Gasteiger partial charge in [0.25, 0.3) is 0 Å². The summed E-state index contributed by atoms with van der Waals surface area (Å²) in [5, 5.41) is 17.8. The summed E-state index contributed by atoms with van der Waals surface area (Å²) in [5.74, 6) is 0.304. The number of nitrogens with one attached hydrogen (secondary N) is 2. The first-order valence-electron chi connectivity index (χ1n) is 8.26. The molecule has 3 rings (SSSR count). The SMILES string of the molecule is CC(=O)Nc1ccc(NC(=O)CCSc2nnnn2-c2ccccc2)cc1. The van der Waals surface area contributed by atoms with E-state index in [-0.39, 0.29) is 11.8 Å². The largest absolute Gasteiger partial charge is 0.326 e. The van der Waals surface area contributed by atoms with Crippen molar-refractivity contribution < 1.29 is 9.59 Å². The Morgan fingerprint density at radius 3 is 2.33 bits per heavy atom. The number of para-hydroxylation sites is 1. The van der Waals surface area contributed by atoms with Gasteiger partial charge in [0.2, 0.25) is 17.0 Å². The number of rotatable bonds is 7. The fourth-order valence-corrected chi connectivity index (χ4v) is 3.13. The second-order valence-electron chi connectivity index (χ2n) is 5.61. The first kappa shape index (κ1) is 18.6.